The van der Waals surface area contributed by atoms with Gasteiger partial charge in [0, 0.05) is 5.92 Å². The van der Waals surface area contributed by atoms with Crippen molar-refractivity contribution < 1.29 is 9.59 Å². The monoisotopic (exact) mass is 146 g/mol. The van der Waals surface area contributed by atoms with Gasteiger partial charge in [0.05, 0.1) is 21.1 Å². The molecule has 0 aliphatic carbocycles. The Kier molecular flexibility index (Phi) is 3.33. The van der Waals surface area contributed by atoms with Gasteiger partial charge in [0.15, 0.2) is 6.23 Å². The average molecular weight is 146 g/mol. The Bertz CT molecular complexity index is 95.9. The van der Waals surface area contributed by atoms with E-state index >= 15 is 0 Å². The maximum absolute atomic E-state index is 9.63. The highest BCUT2D eigenvalue weighted by Gasteiger charge is 2.25. The second kappa shape index (κ2) is 3.35. The SMILES string of the molecule is CCC(C)C(O)[N+](C)(C)C. The van der Waals surface area contributed by atoms with E-state index in [0.717, 1.165) is 6.42 Å². The van der Waals surface area contributed by atoms with Crippen molar-refractivity contribution >= 4 is 0 Å². The zero-order valence-corrected chi connectivity index (χ0v) is 7.76. The molecule has 0 aliphatic rings. The molecule has 0 amide bonds. The summed E-state index contributed by atoms with van der Waals surface area (Å²) < 4.78 is 0.634. The Morgan fingerprint density at radius 2 is 1.70 bits per heavy atom. The lowest BCUT2D eigenvalue weighted by atomic mass is 10.1. The van der Waals surface area contributed by atoms with Gasteiger partial charge in [0.1, 0.15) is 0 Å². The van der Waals surface area contributed by atoms with Crippen LogP contribution in [0, 0.1) is 5.92 Å². The number of hydrogen-bond donors (Lipinski definition) is 1. The van der Waals surface area contributed by atoms with Gasteiger partial charge in [-0.25, -0.2) is 0 Å². The molecule has 0 radical (unpaired) electrons. The molecule has 2 unspecified atom stereocenters. The van der Waals surface area contributed by atoms with Crippen LogP contribution in [0.3, 0.4) is 0 Å². The molecule has 0 saturated carbocycles. The summed E-state index contributed by atoms with van der Waals surface area (Å²) in [5, 5.41) is 9.63. The third-order valence-electron chi connectivity index (χ3n) is 1.95. The van der Waals surface area contributed by atoms with E-state index in [2.05, 4.69) is 13.8 Å². The first-order valence-corrected chi connectivity index (χ1v) is 3.88. The molecule has 10 heavy (non-hydrogen) atoms. The topological polar surface area (TPSA) is 20.2 Å². The van der Waals surface area contributed by atoms with Crippen molar-refractivity contribution in [2.75, 3.05) is 21.1 Å². The van der Waals surface area contributed by atoms with Crippen molar-refractivity contribution in [3.05, 3.63) is 0 Å². The molecule has 0 bridgehead atoms. The van der Waals surface area contributed by atoms with Crippen LogP contribution in [0.15, 0.2) is 0 Å². The Morgan fingerprint density at radius 1 is 1.30 bits per heavy atom. The van der Waals surface area contributed by atoms with E-state index in [1.807, 2.05) is 21.1 Å². The number of quaternary nitrogens is 1. The van der Waals surface area contributed by atoms with Gasteiger partial charge in [0.2, 0.25) is 0 Å². The minimum absolute atomic E-state index is 0.231. The summed E-state index contributed by atoms with van der Waals surface area (Å²) in [5.41, 5.74) is 0. The standard InChI is InChI=1S/C8H20NO/c1-6-7(2)8(10)9(3,4)5/h7-8,10H,6H2,1-5H3/q+1. The molecule has 0 aromatic carbocycles. The highest BCUT2D eigenvalue weighted by Crippen LogP contribution is 2.13. The van der Waals surface area contributed by atoms with E-state index in [9.17, 15) is 5.11 Å². The molecule has 1 N–H and O–H groups in total. The van der Waals surface area contributed by atoms with Gasteiger partial charge < -0.3 is 9.59 Å². The molecule has 0 rings (SSSR count). The fraction of sp³-hybridized carbons (Fsp3) is 1.00. The van der Waals surface area contributed by atoms with Crippen molar-refractivity contribution in [2.24, 2.45) is 5.92 Å². The maximum Gasteiger partial charge on any atom is 0.192 e. The van der Waals surface area contributed by atoms with Gasteiger partial charge in [-0.2, -0.15) is 0 Å². The van der Waals surface area contributed by atoms with E-state index in [1.165, 1.54) is 0 Å². The summed E-state index contributed by atoms with van der Waals surface area (Å²) >= 11 is 0. The Morgan fingerprint density at radius 3 is 1.80 bits per heavy atom. The number of aliphatic hydroxyl groups excluding tert-OH is 1. The predicted molar refractivity (Wildman–Crippen MR) is 43.5 cm³/mol. The Hall–Kier alpha value is -0.0800. The van der Waals surface area contributed by atoms with Crippen molar-refractivity contribution in [3.8, 4) is 0 Å². The van der Waals surface area contributed by atoms with Crippen molar-refractivity contribution in [1.82, 2.24) is 0 Å². The molecular formula is C8H20NO+. The smallest absolute Gasteiger partial charge is 0.192 e. The first-order valence-electron chi connectivity index (χ1n) is 3.88. The van der Waals surface area contributed by atoms with Gasteiger partial charge in [-0.05, 0) is 6.42 Å². The fourth-order valence-electron chi connectivity index (χ4n) is 0.974. The van der Waals surface area contributed by atoms with Gasteiger partial charge >= 0.3 is 0 Å². The van der Waals surface area contributed by atoms with E-state index in [1.54, 1.807) is 0 Å². The largest absolute Gasteiger partial charge is 0.345 e. The average Bonchev–Trinajstić information content (AvgIpc) is 1.83. The van der Waals surface area contributed by atoms with Crippen LogP contribution in [0.25, 0.3) is 0 Å². The first kappa shape index (κ1) is 9.92. The summed E-state index contributed by atoms with van der Waals surface area (Å²) in [5.74, 6) is 0.389. The summed E-state index contributed by atoms with van der Waals surface area (Å²) in [6.45, 7) is 4.18. The van der Waals surface area contributed by atoms with Crippen LogP contribution >= 0.6 is 0 Å². The van der Waals surface area contributed by atoms with Crippen molar-refractivity contribution in [2.45, 2.75) is 26.5 Å². The molecule has 0 spiro atoms. The fourth-order valence-corrected chi connectivity index (χ4v) is 0.974. The Balaban J connectivity index is 3.94. The molecule has 0 saturated heterocycles. The number of rotatable bonds is 3. The number of aliphatic hydroxyl groups is 1. The summed E-state index contributed by atoms with van der Waals surface area (Å²) in [6.07, 6.45) is 0.807. The minimum Gasteiger partial charge on any atom is -0.345 e. The van der Waals surface area contributed by atoms with Gasteiger partial charge in [-0.1, -0.05) is 13.8 Å². The molecule has 0 aromatic rings. The Labute approximate surface area is 64.1 Å². The molecule has 2 heteroatoms. The maximum atomic E-state index is 9.63. The van der Waals surface area contributed by atoms with Crippen molar-refractivity contribution in [3.63, 3.8) is 0 Å². The lowest BCUT2D eigenvalue weighted by molar-refractivity contribution is -0.923. The third kappa shape index (κ3) is 2.67. The number of hydrogen-bond acceptors (Lipinski definition) is 1. The van der Waals surface area contributed by atoms with Gasteiger partial charge in [-0.15, -0.1) is 0 Å². The molecule has 62 valence electrons. The summed E-state index contributed by atoms with van der Waals surface area (Å²) in [4.78, 5) is 0. The van der Waals surface area contributed by atoms with E-state index in [-0.39, 0.29) is 6.23 Å². The normalized spacial score (nSPS) is 18.6. The van der Waals surface area contributed by atoms with Crippen molar-refractivity contribution in [1.29, 1.82) is 0 Å². The second-order valence-corrected chi connectivity index (χ2v) is 3.92. The molecule has 2 atom stereocenters. The van der Waals surface area contributed by atoms with Crippen LogP contribution < -0.4 is 0 Å². The number of nitrogens with zero attached hydrogens (tertiary/aromatic N) is 1. The van der Waals surface area contributed by atoms with Crippen LogP contribution in [0.2, 0.25) is 0 Å². The molecule has 0 aromatic heterocycles. The molecular weight excluding hydrogens is 126 g/mol. The predicted octanol–water partition coefficient (Wildman–Crippen LogP) is 1.06. The van der Waals surface area contributed by atoms with Crippen LogP contribution in [0.1, 0.15) is 20.3 Å². The highest BCUT2D eigenvalue weighted by molar-refractivity contribution is 4.51. The zero-order chi connectivity index (χ0) is 8.36. The third-order valence-corrected chi connectivity index (χ3v) is 1.95. The first-order chi connectivity index (χ1) is 4.39. The molecule has 0 fully saturated rings. The lowest BCUT2D eigenvalue weighted by Crippen LogP contribution is -2.48. The quantitative estimate of drug-likeness (QED) is 0.466. The summed E-state index contributed by atoms with van der Waals surface area (Å²) in [7, 11) is 6.03. The zero-order valence-electron chi connectivity index (χ0n) is 7.76. The van der Waals surface area contributed by atoms with E-state index in [4.69, 9.17) is 0 Å². The lowest BCUT2D eigenvalue weighted by Gasteiger charge is -2.33. The minimum atomic E-state index is -0.231. The van der Waals surface area contributed by atoms with Crippen LogP contribution in [0.4, 0.5) is 0 Å². The molecule has 2 nitrogen and oxygen atoms in total. The second-order valence-electron chi connectivity index (χ2n) is 3.92. The van der Waals surface area contributed by atoms with E-state index < -0.39 is 0 Å². The van der Waals surface area contributed by atoms with Crippen LogP contribution in [-0.4, -0.2) is 37.0 Å². The van der Waals surface area contributed by atoms with Crippen LogP contribution in [-0.2, 0) is 0 Å². The van der Waals surface area contributed by atoms with Gasteiger partial charge in [-0.3, -0.25) is 0 Å². The summed E-state index contributed by atoms with van der Waals surface area (Å²) in [6, 6.07) is 0. The van der Waals surface area contributed by atoms with Gasteiger partial charge in [0.25, 0.3) is 0 Å². The molecule has 0 aliphatic heterocycles. The van der Waals surface area contributed by atoms with E-state index in [0.29, 0.717) is 10.4 Å². The molecule has 0 heterocycles. The highest BCUT2D eigenvalue weighted by atomic mass is 16.3. The van der Waals surface area contributed by atoms with Crippen LogP contribution in [0.5, 0.6) is 0 Å².